The number of esters is 1. The molecule has 0 saturated heterocycles. The first kappa shape index (κ1) is 30.0. The van der Waals surface area contributed by atoms with Crippen LogP contribution in [0.4, 0.5) is 0 Å². The van der Waals surface area contributed by atoms with E-state index in [1.807, 2.05) is 0 Å². The smallest absolute Gasteiger partial charge is 0.305 e. The van der Waals surface area contributed by atoms with Gasteiger partial charge in [0.15, 0.2) is 0 Å². The third kappa shape index (κ3) is 5.48. The van der Waals surface area contributed by atoms with Crippen LogP contribution in [-0.4, -0.2) is 67.2 Å². The molecule has 0 aromatic heterocycles. The van der Waals surface area contributed by atoms with E-state index in [0.29, 0.717) is 60.7 Å². The predicted molar refractivity (Wildman–Crippen MR) is 152 cm³/mol. The molecule has 218 valence electrons. The number of methoxy groups -OCH3 is 1. The molecule has 0 aromatic rings. The van der Waals surface area contributed by atoms with Crippen molar-refractivity contribution in [2.45, 2.75) is 104 Å². The molecule has 4 saturated carbocycles. The van der Waals surface area contributed by atoms with E-state index < -0.39 is 5.60 Å². The highest BCUT2D eigenvalue weighted by molar-refractivity contribution is 5.87. The molecule has 0 aromatic carbocycles. The lowest BCUT2D eigenvalue weighted by Crippen LogP contribution is -2.59. The van der Waals surface area contributed by atoms with Crippen LogP contribution in [0.15, 0.2) is 0 Å². The summed E-state index contributed by atoms with van der Waals surface area (Å²) in [6.45, 7) is 16.1. The molecule has 2 N–H and O–H groups in total. The van der Waals surface area contributed by atoms with E-state index >= 15 is 0 Å². The molecular formula is C32H56N2O4. The Kier molecular flexibility index (Phi) is 9.36. The Labute approximate surface area is 232 Å². The summed E-state index contributed by atoms with van der Waals surface area (Å²) in [4.78, 5) is 28.2. The Morgan fingerprint density at radius 1 is 1.13 bits per heavy atom. The summed E-state index contributed by atoms with van der Waals surface area (Å²) >= 11 is 0. The standard InChI is InChI=1S/C32H56N2O4/c1-7-34(8-2)18-17-33-21-32(37)16-15-30(4)23(20-32)10-11-24-26-13-12-25(22(3)9-14-29(36)38-6)31(26,5)28(35)19-27(24)30/h22-27,33,37H,7-21H2,1-6H3/t22-,23-,24+,25-,26+,27+,30+,31-,32+/m1/s1. The molecule has 0 spiro atoms. The number of fused-ring (bicyclic) bond motifs is 5. The Morgan fingerprint density at radius 2 is 1.87 bits per heavy atom. The average molecular weight is 533 g/mol. The van der Waals surface area contributed by atoms with Crippen LogP contribution in [0.3, 0.4) is 0 Å². The predicted octanol–water partition coefficient (Wildman–Crippen LogP) is 5.08. The van der Waals surface area contributed by atoms with Gasteiger partial charge in [-0.1, -0.05) is 34.6 Å². The van der Waals surface area contributed by atoms with Gasteiger partial charge in [0.05, 0.1) is 12.7 Å². The van der Waals surface area contributed by atoms with Crippen molar-refractivity contribution in [3.05, 3.63) is 0 Å². The summed E-state index contributed by atoms with van der Waals surface area (Å²) in [6.07, 6.45) is 9.35. The fraction of sp³-hybridized carbons (Fsp3) is 0.938. The second kappa shape index (κ2) is 11.9. The van der Waals surface area contributed by atoms with Crippen molar-refractivity contribution in [1.29, 1.82) is 0 Å². The van der Waals surface area contributed by atoms with Gasteiger partial charge >= 0.3 is 5.97 Å². The number of aliphatic hydroxyl groups is 1. The average Bonchev–Trinajstić information content (AvgIpc) is 3.27. The lowest BCUT2D eigenvalue weighted by Gasteiger charge is -2.61. The van der Waals surface area contributed by atoms with E-state index in [1.54, 1.807) is 0 Å². The highest BCUT2D eigenvalue weighted by Gasteiger charge is 2.64. The number of ether oxygens (including phenoxy) is 1. The molecule has 0 radical (unpaired) electrons. The molecule has 6 heteroatoms. The number of rotatable bonds is 11. The van der Waals surface area contributed by atoms with Crippen molar-refractivity contribution in [2.75, 3.05) is 39.8 Å². The highest BCUT2D eigenvalue weighted by Crippen LogP contribution is 2.67. The summed E-state index contributed by atoms with van der Waals surface area (Å²) in [5.41, 5.74) is -0.715. The lowest BCUT2D eigenvalue weighted by atomic mass is 9.43. The second-order valence-electron chi connectivity index (χ2n) is 14.0. The SMILES string of the molecule is CCN(CC)CCNC[C@]1(O)CC[C@@]2(C)[C@H](CC[C@@H]3[C@@H]2CC(=O)[C@]2(C)[C@@H]([C@H](C)CCC(=O)OC)CC[C@@H]32)C1. The summed E-state index contributed by atoms with van der Waals surface area (Å²) in [6, 6.07) is 0. The molecule has 4 aliphatic rings. The third-order valence-corrected chi connectivity index (χ3v) is 12.4. The van der Waals surface area contributed by atoms with Gasteiger partial charge in [-0.05, 0) is 105 Å². The zero-order chi connectivity index (χ0) is 27.7. The molecule has 9 atom stereocenters. The first-order chi connectivity index (χ1) is 18.0. The van der Waals surface area contributed by atoms with Crippen LogP contribution < -0.4 is 5.32 Å². The van der Waals surface area contributed by atoms with E-state index in [9.17, 15) is 14.7 Å². The van der Waals surface area contributed by atoms with Crippen LogP contribution in [-0.2, 0) is 14.3 Å². The minimum atomic E-state index is -0.624. The van der Waals surface area contributed by atoms with Crippen LogP contribution in [0.25, 0.3) is 0 Å². The summed E-state index contributed by atoms with van der Waals surface area (Å²) < 4.78 is 4.88. The van der Waals surface area contributed by atoms with Gasteiger partial charge in [-0.15, -0.1) is 0 Å². The monoisotopic (exact) mass is 532 g/mol. The first-order valence-electron chi connectivity index (χ1n) is 15.8. The van der Waals surface area contributed by atoms with Crippen LogP contribution in [0.5, 0.6) is 0 Å². The molecule has 0 aliphatic heterocycles. The number of carbonyl (C=O) groups excluding carboxylic acids is 2. The molecule has 0 amide bonds. The minimum absolute atomic E-state index is 0.144. The maximum absolute atomic E-state index is 14.0. The fourth-order valence-corrected chi connectivity index (χ4v) is 9.88. The third-order valence-electron chi connectivity index (χ3n) is 12.4. The molecule has 4 rings (SSSR count). The first-order valence-corrected chi connectivity index (χ1v) is 15.8. The highest BCUT2D eigenvalue weighted by atomic mass is 16.5. The van der Waals surface area contributed by atoms with Crippen LogP contribution >= 0.6 is 0 Å². The van der Waals surface area contributed by atoms with Crippen molar-refractivity contribution in [2.24, 2.45) is 46.3 Å². The van der Waals surface area contributed by atoms with Gasteiger partial charge in [0, 0.05) is 37.9 Å². The van der Waals surface area contributed by atoms with Crippen LogP contribution in [0, 0.1) is 46.3 Å². The molecule has 0 bridgehead atoms. The van der Waals surface area contributed by atoms with Gasteiger partial charge in [0.25, 0.3) is 0 Å². The lowest BCUT2D eigenvalue weighted by molar-refractivity contribution is -0.167. The van der Waals surface area contributed by atoms with Gasteiger partial charge < -0.3 is 20.1 Å². The van der Waals surface area contributed by atoms with Gasteiger partial charge in [0.2, 0.25) is 0 Å². The number of nitrogens with zero attached hydrogens (tertiary/aromatic N) is 1. The molecule has 0 heterocycles. The number of Topliss-reactive ketones (excluding diaryl/α,β-unsaturated/α-hetero) is 1. The van der Waals surface area contributed by atoms with E-state index in [0.717, 1.165) is 64.7 Å². The maximum Gasteiger partial charge on any atom is 0.305 e. The number of nitrogens with one attached hydrogen (secondary N) is 1. The molecule has 38 heavy (non-hydrogen) atoms. The van der Waals surface area contributed by atoms with Crippen molar-refractivity contribution in [3.63, 3.8) is 0 Å². The molecular weight excluding hydrogens is 476 g/mol. The number of hydrogen-bond acceptors (Lipinski definition) is 6. The van der Waals surface area contributed by atoms with Crippen molar-refractivity contribution in [3.8, 4) is 0 Å². The minimum Gasteiger partial charge on any atom is -0.469 e. The normalized spacial score (nSPS) is 41.4. The Hall–Kier alpha value is -0.980. The van der Waals surface area contributed by atoms with Crippen molar-refractivity contribution >= 4 is 11.8 Å². The van der Waals surface area contributed by atoms with Crippen molar-refractivity contribution < 1.29 is 19.4 Å². The Morgan fingerprint density at radius 3 is 2.55 bits per heavy atom. The Bertz CT molecular complexity index is 845. The zero-order valence-corrected chi connectivity index (χ0v) is 25.2. The molecule has 6 nitrogen and oxygen atoms in total. The van der Waals surface area contributed by atoms with E-state index in [2.05, 4.69) is 44.8 Å². The Balaban J connectivity index is 1.40. The van der Waals surface area contributed by atoms with Gasteiger partial charge in [0.1, 0.15) is 5.78 Å². The van der Waals surface area contributed by atoms with E-state index in [-0.39, 0.29) is 16.8 Å². The zero-order valence-electron chi connectivity index (χ0n) is 25.2. The molecule has 4 aliphatic carbocycles. The maximum atomic E-state index is 14.0. The van der Waals surface area contributed by atoms with Crippen LogP contribution in [0.2, 0.25) is 0 Å². The number of likely N-dealkylation sites (N-methyl/N-ethyl adjacent to an activating group) is 1. The second-order valence-corrected chi connectivity index (χ2v) is 14.0. The number of carbonyl (C=O) groups is 2. The fourth-order valence-electron chi connectivity index (χ4n) is 9.88. The van der Waals surface area contributed by atoms with Crippen LogP contribution in [0.1, 0.15) is 98.8 Å². The van der Waals surface area contributed by atoms with E-state index in [1.165, 1.54) is 20.0 Å². The number of hydrogen-bond donors (Lipinski definition) is 2. The molecule has 0 unspecified atom stereocenters. The van der Waals surface area contributed by atoms with E-state index in [4.69, 9.17) is 4.74 Å². The van der Waals surface area contributed by atoms with Gasteiger partial charge in [-0.3, -0.25) is 9.59 Å². The summed E-state index contributed by atoms with van der Waals surface area (Å²) in [5.74, 6) is 3.11. The van der Waals surface area contributed by atoms with Gasteiger partial charge in [-0.25, -0.2) is 0 Å². The molecule has 4 fully saturated rings. The number of ketones is 1. The summed E-state index contributed by atoms with van der Waals surface area (Å²) in [7, 11) is 1.46. The largest absolute Gasteiger partial charge is 0.469 e. The van der Waals surface area contributed by atoms with Gasteiger partial charge in [-0.2, -0.15) is 0 Å². The summed E-state index contributed by atoms with van der Waals surface area (Å²) in [5, 5.41) is 15.1. The van der Waals surface area contributed by atoms with Crippen molar-refractivity contribution in [1.82, 2.24) is 10.2 Å². The quantitative estimate of drug-likeness (QED) is 0.286. The topological polar surface area (TPSA) is 78.9 Å².